The minimum absolute atomic E-state index is 0.0869. The molecule has 1 aromatic rings. The molecule has 0 spiro atoms. The summed E-state index contributed by atoms with van der Waals surface area (Å²) in [5.41, 5.74) is 0.549. The van der Waals surface area contributed by atoms with Crippen molar-refractivity contribution in [2.45, 2.75) is 32.7 Å². The van der Waals surface area contributed by atoms with Gasteiger partial charge in [-0.3, -0.25) is 9.69 Å². The Bertz CT molecular complexity index is 467. The molecule has 1 saturated heterocycles. The maximum Gasteiger partial charge on any atom is 0.223 e. The molecule has 2 rings (SSSR count). The summed E-state index contributed by atoms with van der Waals surface area (Å²) in [7, 11) is 0. The van der Waals surface area contributed by atoms with Crippen LogP contribution in [-0.2, 0) is 11.3 Å². The van der Waals surface area contributed by atoms with Crippen LogP contribution in [0.25, 0.3) is 0 Å². The first-order chi connectivity index (χ1) is 10.1. The first-order valence-corrected chi connectivity index (χ1v) is 7.92. The van der Waals surface area contributed by atoms with Gasteiger partial charge in [-0.25, -0.2) is 4.39 Å². The second-order valence-electron chi connectivity index (χ2n) is 5.54. The minimum Gasteiger partial charge on any atom is -0.356 e. The van der Waals surface area contributed by atoms with Crippen LogP contribution in [0.15, 0.2) is 18.2 Å². The van der Waals surface area contributed by atoms with Gasteiger partial charge in [0.2, 0.25) is 5.91 Å². The lowest BCUT2D eigenvalue weighted by Gasteiger charge is -2.31. The molecule has 3 nitrogen and oxygen atoms in total. The van der Waals surface area contributed by atoms with Crippen molar-refractivity contribution in [3.63, 3.8) is 0 Å². The van der Waals surface area contributed by atoms with E-state index in [0.29, 0.717) is 17.1 Å². The van der Waals surface area contributed by atoms with Crippen LogP contribution < -0.4 is 5.32 Å². The minimum atomic E-state index is -0.259. The van der Waals surface area contributed by atoms with Crippen LogP contribution in [0.1, 0.15) is 31.7 Å². The number of hydrogen-bond donors (Lipinski definition) is 1. The number of benzene rings is 1. The Morgan fingerprint density at radius 2 is 2.14 bits per heavy atom. The van der Waals surface area contributed by atoms with Crippen LogP contribution in [0.3, 0.4) is 0 Å². The fraction of sp³-hybridized carbons (Fsp3) is 0.562. The lowest BCUT2D eigenvalue weighted by molar-refractivity contribution is -0.126. The number of hydrogen-bond acceptors (Lipinski definition) is 2. The van der Waals surface area contributed by atoms with Crippen molar-refractivity contribution in [2.75, 3.05) is 19.6 Å². The molecule has 1 aliphatic heterocycles. The van der Waals surface area contributed by atoms with E-state index < -0.39 is 0 Å². The van der Waals surface area contributed by atoms with E-state index in [1.165, 1.54) is 6.07 Å². The quantitative estimate of drug-likeness (QED) is 0.905. The molecule has 0 aliphatic carbocycles. The second-order valence-corrected chi connectivity index (χ2v) is 5.95. The van der Waals surface area contributed by atoms with Crippen LogP contribution in [0, 0.1) is 11.7 Å². The third kappa shape index (κ3) is 4.42. The van der Waals surface area contributed by atoms with Gasteiger partial charge in [0.1, 0.15) is 5.82 Å². The van der Waals surface area contributed by atoms with E-state index in [-0.39, 0.29) is 17.6 Å². The number of nitrogens with one attached hydrogen (secondary N) is 1. The maximum absolute atomic E-state index is 13.8. The number of carbonyl (C=O) groups is 1. The zero-order chi connectivity index (χ0) is 15.2. The summed E-state index contributed by atoms with van der Waals surface area (Å²) in [5.74, 6) is -0.0189. The van der Waals surface area contributed by atoms with Crippen molar-refractivity contribution in [3.05, 3.63) is 34.6 Å². The molecule has 0 atom stereocenters. The van der Waals surface area contributed by atoms with Crippen molar-refractivity contribution in [1.29, 1.82) is 0 Å². The molecule has 1 amide bonds. The molecule has 1 aliphatic rings. The second kappa shape index (κ2) is 7.76. The topological polar surface area (TPSA) is 32.3 Å². The number of piperidine rings is 1. The highest BCUT2D eigenvalue weighted by Gasteiger charge is 2.25. The van der Waals surface area contributed by atoms with Crippen molar-refractivity contribution in [2.24, 2.45) is 5.92 Å². The van der Waals surface area contributed by atoms with E-state index in [0.717, 1.165) is 38.9 Å². The predicted octanol–water partition coefficient (Wildman–Crippen LogP) is 3.22. The molecule has 116 valence electrons. The van der Waals surface area contributed by atoms with Gasteiger partial charge in [0.25, 0.3) is 0 Å². The van der Waals surface area contributed by atoms with Crippen molar-refractivity contribution in [1.82, 2.24) is 10.2 Å². The molecule has 1 N–H and O–H groups in total. The number of halogens is 2. The van der Waals surface area contributed by atoms with Gasteiger partial charge in [-0.2, -0.15) is 0 Å². The summed E-state index contributed by atoms with van der Waals surface area (Å²) in [5, 5.41) is 3.42. The highest BCUT2D eigenvalue weighted by molar-refractivity contribution is 6.31. The Balaban J connectivity index is 1.86. The third-order valence-corrected chi connectivity index (χ3v) is 4.31. The van der Waals surface area contributed by atoms with E-state index in [2.05, 4.69) is 10.2 Å². The van der Waals surface area contributed by atoms with Crippen LogP contribution in [0.2, 0.25) is 5.02 Å². The van der Waals surface area contributed by atoms with Crippen molar-refractivity contribution >= 4 is 17.5 Å². The summed E-state index contributed by atoms with van der Waals surface area (Å²) in [6.07, 6.45) is 2.60. The largest absolute Gasteiger partial charge is 0.356 e. The van der Waals surface area contributed by atoms with Crippen LogP contribution in [0.4, 0.5) is 4.39 Å². The molecule has 1 fully saturated rings. The summed E-state index contributed by atoms with van der Waals surface area (Å²) in [6.45, 7) is 4.89. The Kier molecular flexibility index (Phi) is 6.00. The predicted molar refractivity (Wildman–Crippen MR) is 82.7 cm³/mol. The molecule has 0 saturated carbocycles. The molecule has 0 unspecified atom stereocenters. The summed E-state index contributed by atoms with van der Waals surface area (Å²) < 4.78 is 13.8. The monoisotopic (exact) mass is 312 g/mol. The lowest BCUT2D eigenvalue weighted by atomic mass is 9.95. The maximum atomic E-state index is 13.8. The van der Waals surface area contributed by atoms with Gasteiger partial charge < -0.3 is 5.32 Å². The standard InChI is InChI=1S/C16H22ClFN2O/c1-2-8-19-16(21)12-6-9-20(10-7-12)11-13-14(17)4-3-5-15(13)18/h3-5,12H,2,6-11H2,1H3,(H,19,21). The van der Waals surface area contributed by atoms with E-state index in [1.54, 1.807) is 12.1 Å². The van der Waals surface area contributed by atoms with Gasteiger partial charge in [-0.1, -0.05) is 24.6 Å². The molecule has 0 radical (unpaired) electrons. The average molecular weight is 313 g/mol. The molecule has 1 heterocycles. The first kappa shape index (κ1) is 16.2. The zero-order valence-electron chi connectivity index (χ0n) is 12.4. The van der Waals surface area contributed by atoms with Crippen molar-refractivity contribution in [3.8, 4) is 0 Å². The molecule has 0 bridgehead atoms. The number of nitrogens with zero attached hydrogens (tertiary/aromatic N) is 1. The number of rotatable bonds is 5. The van der Waals surface area contributed by atoms with Gasteiger partial charge in [0.05, 0.1) is 0 Å². The Labute approximate surface area is 130 Å². The highest BCUT2D eigenvalue weighted by Crippen LogP contribution is 2.24. The van der Waals surface area contributed by atoms with Gasteiger partial charge in [-0.05, 0) is 44.5 Å². The van der Waals surface area contributed by atoms with Gasteiger partial charge in [-0.15, -0.1) is 0 Å². The van der Waals surface area contributed by atoms with Crippen LogP contribution in [-0.4, -0.2) is 30.4 Å². The normalized spacial score (nSPS) is 16.9. The van der Waals surface area contributed by atoms with Crippen LogP contribution in [0.5, 0.6) is 0 Å². The van der Waals surface area contributed by atoms with Gasteiger partial charge in [0, 0.05) is 29.6 Å². The van der Waals surface area contributed by atoms with E-state index in [4.69, 9.17) is 11.6 Å². The van der Waals surface area contributed by atoms with Crippen LogP contribution >= 0.6 is 11.6 Å². The van der Waals surface area contributed by atoms with Gasteiger partial charge in [0.15, 0.2) is 0 Å². The highest BCUT2D eigenvalue weighted by atomic mass is 35.5. The Hall–Kier alpha value is -1.13. The molecule has 0 aromatic heterocycles. The number of likely N-dealkylation sites (tertiary alicyclic amines) is 1. The molecule has 1 aromatic carbocycles. The number of carbonyl (C=O) groups excluding carboxylic acids is 1. The lowest BCUT2D eigenvalue weighted by Crippen LogP contribution is -2.40. The van der Waals surface area contributed by atoms with Crippen molar-refractivity contribution < 1.29 is 9.18 Å². The molecule has 5 heteroatoms. The fourth-order valence-electron chi connectivity index (χ4n) is 2.65. The summed E-state index contributed by atoms with van der Waals surface area (Å²) in [6, 6.07) is 4.77. The van der Waals surface area contributed by atoms with E-state index in [9.17, 15) is 9.18 Å². The van der Waals surface area contributed by atoms with E-state index in [1.807, 2.05) is 6.92 Å². The summed E-state index contributed by atoms with van der Waals surface area (Å²) >= 11 is 6.05. The number of amides is 1. The zero-order valence-corrected chi connectivity index (χ0v) is 13.1. The van der Waals surface area contributed by atoms with E-state index >= 15 is 0 Å². The molecule has 21 heavy (non-hydrogen) atoms. The smallest absolute Gasteiger partial charge is 0.223 e. The average Bonchev–Trinajstić information content (AvgIpc) is 2.49. The Morgan fingerprint density at radius 1 is 1.43 bits per heavy atom. The first-order valence-electron chi connectivity index (χ1n) is 7.54. The molecular formula is C16H22ClFN2O. The fourth-order valence-corrected chi connectivity index (χ4v) is 2.88. The SMILES string of the molecule is CCCNC(=O)C1CCN(Cc2c(F)cccc2Cl)CC1. The van der Waals surface area contributed by atoms with Gasteiger partial charge >= 0.3 is 0 Å². The Morgan fingerprint density at radius 3 is 2.76 bits per heavy atom. The summed E-state index contributed by atoms with van der Waals surface area (Å²) in [4.78, 5) is 14.1. The third-order valence-electron chi connectivity index (χ3n) is 3.95. The molecular weight excluding hydrogens is 291 g/mol.